The molecule has 0 N–H and O–H groups in total. The van der Waals surface area contributed by atoms with Gasteiger partial charge in [-0.05, 0) is 13.0 Å². The summed E-state index contributed by atoms with van der Waals surface area (Å²) in [6, 6.07) is 11.6. The zero-order chi connectivity index (χ0) is 13.1. The van der Waals surface area contributed by atoms with Crippen LogP contribution in [0.1, 0.15) is 13.0 Å². The number of likely N-dealkylation sites (N-methyl/N-ethyl adjacent to an activating group) is 1. The molecule has 0 radical (unpaired) electrons. The summed E-state index contributed by atoms with van der Waals surface area (Å²) in [5.74, 6) is 0.0395. The number of carbonyl (C=O) groups excluding carboxylic acids is 1. The highest BCUT2D eigenvalue weighted by Crippen LogP contribution is 2.18. The van der Waals surface area contributed by atoms with Crippen molar-refractivity contribution in [2.24, 2.45) is 0 Å². The molecule has 0 saturated heterocycles. The standard InChI is InChI=1S/C14H17N3O/c1-11(14(18)16(2)3)17-10-9-13(15-17)12-7-5-4-6-8-12/h4-11H,1-3H3/t11-/m0/s1. The van der Waals surface area contributed by atoms with Gasteiger partial charge < -0.3 is 4.90 Å². The van der Waals surface area contributed by atoms with E-state index in [0.717, 1.165) is 11.3 Å². The van der Waals surface area contributed by atoms with Crippen LogP contribution < -0.4 is 0 Å². The lowest BCUT2D eigenvalue weighted by molar-refractivity contribution is -0.131. The Morgan fingerprint density at radius 2 is 1.89 bits per heavy atom. The summed E-state index contributed by atoms with van der Waals surface area (Å²) in [6.07, 6.45) is 1.84. The van der Waals surface area contributed by atoms with Crippen molar-refractivity contribution in [1.29, 1.82) is 0 Å². The van der Waals surface area contributed by atoms with E-state index in [1.54, 1.807) is 23.7 Å². The van der Waals surface area contributed by atoms with E-state index in [-0.39, 0.29) is 11.9 Å². The Morgan fingerprint density at radius 3 is 2.50 bits per heavy atom. The molecule has 1 aromatic carbocycles. The summed E-state index contributed by atoms with van der Waals surface area (Å²) < 4.78 is 1.70. The fourth-order valence-electron chi connectivity index (χ4n) is 1.80. The molecule has 18 heavy (non-hydrogen) atoms. The lowest BCUT2D eigenvalue weighted by Gasteiger charge is -2.16. The molecule has 4 heteroatoms. The van der Waals surface area contributed by atoms with E-state index in [4.69, 9.17) is 0 Å². The minimum atomic E-state index is -0.280. The Balaban J connectivity index is 2.24. The molecule has 0 bridgehead atoms. The molecule has 0 saturated carbocycles. The Labute approximate surface area is 107 Å². The predicted molar refractivity (Wildman–Crippen MR) is 71.1 cm³/mol. The second-order valence-corrected chi connectivity index (χ2v) is 4.46. The van der Waals surface area contributed by atoms with Crippen LogP contribution in [0.5, 0.6) is 0 Å². The second kappa shape index (κ2) is 5.04. The number of aromatic nitrogens is 2. The highest BCUT2D eigenvalue weighted by Gasteiger charge is 2.17. The Hall–Kier alpha value is -2.10. The minimum Gasteiger partial charge on any atom is -0.347 e. The monoisotopic (exact) mass is 243 g/mol. The van der Waals surface area contributed by atoms with Crippen LogP contribution in [0.3, 0.4) is 0 Å². The molecule has 94 valence electrons. The predicted octanol–water partition coefficient (Wildman–Crippen LogP) is 2.20. The van der Waals surface area contributed by atoms with E-state index in [9.17, 15) is 4.79 Å². The van der Waals surface area contributed by atoms with E-state index in [0.29, 0.717) is 0 Å². The molecule has 0 unspecified atom stereocenters. The third kappa shape index (κ3) is 2.42. The van der Waals surface area contributed by atoms with Gasteiger partial charge in [0.15, 0.2) is 0 Å². The van der Waals surface area contributed by atoms with Gasteiger partial charge in [0.1, 0.15) is 6.04 Å². The first-order valence-electron chi connectivity index (χ1n) is 5.91. The number of hydrogen-bond acceptors (Lipinski definition) is 2. The summed E-state index contributed by atoms with van der Waals surface area (Å²) in [4.78, 5) is 13.4. The van der Waals surface area contributed by atoms with E-state index in [2.05, 4.69) is 5.10 Å². The van der Waals surface area contributed by atoms with Gasteiger partial charge in [-0.15, -0.1) is 0 Å². The maximum absolute atomic E-state index is 11.9. The van der Waals surface area contributed by atoms with Gasteiger partial charge >= 0.3 is 0 Å². The first-order chi connectivity index (χ1) is 8.59. The van der Waals surface area contributed by atoms with E-state index in [1.807, 2.05) is 49.5 Å². The number of nitrogens with zero attached hydrogens (tertiary/aromatic N) is 3. The fraction of sp³-hybridized carbons (Fsp3) is 0.286. The molecule has 2 aromatic rings. The number of amides is 1. The first-order valence-corrected chi connectivity index (χ1v) is 5.91. The molecule has 0 spiro atoms. The van der Waals surface area contributed by atoms with Crippen molar-refractivity contribution in [1.82, 2.24) is 14.7 Å². The fourth-order valence-corrected chi connectivity index (χ4v) is 1.80. The van der Waals surface area contributed by atoms with E-state index in [1.165, 1.54) is 0 Å². The van der Waals surface area contributed by atoms with Gasteiger partial charge in [0.05, 0.1) is 5.69 Å². The summed E-state index contributed by atoms with van der Waals surface area (Å²) in [6.45, 7) is 1.85. The Morgan fingerprint density at radius 1 is 1.22 bits per heavy atom. The van der Waals surface area contributed by atoms with Crippen LogP contribution in [0.4, 0.5) is 0 Å². The average molecular weight is 243 g/mol. The molecule has 0 aliphatic rings. The van der Waals surface area contributed by atoms with Gasteiger partial charge in [0.25, 0.3) is 0 Å². The SMILES string of the molecule is C[C@@H](C(=O)N(C)C)n1ccc(-c2ccccc2)n1. The van der Waals surface area contributed by atoms with E-state index < -0.39 is 0 Å². The maximum atomic E-state index is 11.9. The molecule has 0 aliphatic heterocycles. The topological polar surface area (TPSA) is 38.1 Å². The van der Waals surface area contributed by atoms with Crippen molar-refractivity contribution in [2.45, 2.75) is 13.0 Å². The normalized spacial score (nSPS) is 12.2. The summed E-state index contributed by atoms with van der Waals surface area (Å²) >= 11 is 0. The van der Waals surface area contributed by atoms with Crippen molar-refractivity contribution in [3.63, 3.8) is 0 Å². The lowest BCUT2D eigenvalue weighted by atomic mass is 10.2. The molecule has 2 rings (SSSR count). The van der Waals surface area contributed by atoms with Crippen LogP contribution in [0, 0.1) is 0 Å². The van der Waals surface area contributed by atoms with Crippen molar-refractivity contribution in [3.05, 3.63) is 42.6 Å². The molecule has 1 amide bonds. The van der Waals surface area contributed by atoms with Crippen LogP contribution in [0.15, 0.2) is 42.6 Å². The third-order valence-corrected chi connectivity index (χ3v) is 2.87. The van der Waals surface area contributed by atoms with Crippen LogP contribution >= 0.6 is 0 Å². The summed E-state index contributed by atoms with van der Waals surface area (Å²) in [5.41, 5.74) is 1.94. The molecule has 1 atom stereocenters. The Kier molecular flexibility index (Phi) is 3.46. The van der Waals surface area contributed by atoms with Gasteiger partial charge in [-0.1, -0.05) is 30.3 Å². The number of carbonyl (C=O) groups is 1. The largest absolute Gasteiger partial charge is 0.347 e. The van der Waals surface area contributed by atoms with Gasteiger partial charge in [0.2, 0.25) is 5.91 Å². The molecule has 0 fully saturated rings. The zero-order valence-corrected chi connectivity index (χ0v) is 10.9. The molecule has 0 aliphatic carbocycles. The van der Waals surface area contributed by atoms with Gasteiger partial charge in [-0.2, -0.15) is 5.10 Å². The highest BCUT2D eigenvalue weighted by atomic mass is 16.2. The van der Waals surface area contributed by atoms with Crippen LogP contribution in [-0.4, -0.2) is 34.7 Å². The van der Waals surface area contributed by atoms with Crippen molar-refractivity contribution < 1.29 is 4.79 Å². The second-order valence-electron chi connectivity index (χ2n) is 4.46. The molecule has 1 heterocycles. The molecule has 4 nitrogen and oxygen atoms in total. The Bertz CT molecular complexity index is 531. The van der Waals surface area contributed by atoms with Gasteiger partial charge in [0, 0.05) is 25.9 Å². The van der Waals surface area contributed by atoms with Crippen molar-refractivity contribution >= 4 is 5.91 Å². The maximum Gasteiger partial charge on any atom is 0.246 e. The highest BCUT2D eigenvalue weighted by molar-refractivity contribution is 5.79. The number of hydrogen-bond donors (Lipinski definition) is 0. The first kappa shape index (κ1) is 12.4. The molecular weight excluding hydrogens is 226 g/mol. The smallest absolute Gasteiger partial charge is 0.246 e. The van der Waals surface area contributed by atoms with Crippen LogP contribution in [0.2, 0.25) is 0 Å². The minimum absolute atomic E-state index is 0.0395. The van der Waals surface area contributed by atoms with Crippen molar-refractivity contribution in [3.8, 4) is 11.3 Å². The van der Waals surface area contributed by atoms with Crippen LogP contribution in [-0.2, 0) is 4.79 Å². The quantitative estimate of drug-likeness (QED) is 0.829. The van der Waals surface area contributed by atoms with Crippen LogP contribution in [0.25, 0.3) is 11.3 Å². The molecular formula is C14H17N3O. The number of rotatable bonds is 3. The molecule has 1 aromatic heterocycles. The van der Waals surface area contributed by atoms with Gasteiger partial charge in [-0.3, -0.25) is 9.48 Å². The van der Waals surface area contributed by atoms with Gasteiger partial charge in [-0.25, -0.2) is 0 Å². The van der Waals surface area contributed by atoms with E-state index >= 15 is 0 Å². The van der Waals surface area contributed by atoms with Crippen molar-refractivity contribution in [2.75, 3.05) is 14.1 Å². The third-order valence-electron chi connectivity index (χ3n) is 2.87. The summed E-state index contributed by atoms with van der Waals surface area (Å²) in [7, 11) is 3.50. The summed E-state index contributed by atoms with van der Waals surface area (Å²) in [5, 5.41) is 4.45. The lowest BCUT2D eigenvalue weighted by Crippen LogP contribution is -2.30. The number of benzene rings is 1. The average Bonchev–Trinajstić information content (AvgIpc) is 2.87. The zero-order valence-electron chi connectivity index (χ0n) is 10.9.